The van der Waals surface area contributed by atoms with Crippen LogP contribution in [0.5, 0.6) is 5.75 Å². The van der Waals surface area contributed by atoms with Gasteiger partial charge in [0, 0.05) is 18.3 Å². The summed E-state index contributed by atoms with van der Waals surface area (Å²) in [6.07, 6.45) is 0. The largest absolute Gasteiger partial charge is 0.483 e. The molecule has 0 saturated heterocycles. The summed E-state index contributed by atoms with van der Waals surface area (Å²) in [5.74, 6) is 0.537. The van der Waals surface area contributed by atoms with Gasteiger partial charge in [-0.3, -0.25) is 4.79 Å². The zero-order valence-corrected chi connectivity index (χ0v) is 9.96. The van der Waals surface area contributed by atoms with E-state index >= 15 is 0 Å². The van der Waals surface area contributed by atoms with Crippen molar-refractivity contribution in [1.29, 1.82) is 0 Å². The Balaban J connectivity index is 2.67. The smallest absolute Gasteiger partial charge is 0.257 e. The molecule has 3 N–H and O–H groups in total. The first-order valence-electron chi connectivity index (χ1n) is 5.30. The van der Waals surface area contributed by atoms with Crippen LogP contribution in [0.3, 0.4) is 0 Å². The Morgan fingerprint density at radius 2 is 2.06 bits per heavy atom. The molecule has 0 aliphatic carbocycles. The highest BCUT2D eigenvalue weighted by atomic mass is 16.5. The van der Waals surface area contributed by atoms with Crippen LogP contribution in [0.25, 0.3) is 0 Å². The van der Waals surface area contributed by atoms with Gasteiger partial charge in [-0.05, 0) is 31.9 Å². The maximum Gasteiger partial charge on any atom is 0.257 e. The average Bonchev–Trinajstić information content (AvgIpc) is 2.22. The Morgan fingerprint density at radius 1 is 1.38 bits per heavy atom. The van der Waals surface area contributed by atoms with E-state index in [4.69, 9.17) is 10.5 Å². The van der Waals surface area contributed by atoms with Gasteiger partial charge in [0.1, 0.15) is 5.75 Å². The third-order valence-corrected chi connectivity index (χ3v) is 2.30. The number of ether oxygens (including phenoxy) is 1. The van der Waals surface area contributed by atoms with Crippen molar-refractivity contribution in [2.75, 3.05) is 18.9 Å². The first-order chi connectivity index (χ1) is 7.54. The van der Waals surface area contributed by atoms with Crippen LogP contribution in [-0.2, 0) is 4.79 Å². The van der Waals surface area contributed by atoms with E-state index in [9.17, 15) is 4.79 Å². The van der Waals surface area contributed by atoms with Crippen LogP contribution in [0, 0.1) is 13.8 Å². The van der Waals surface area contributed by atoms with Crippen LogP contribution >= 0.6 is 0 Å². The minimum Gasteiger partial charge on any atom is -0.483 e. The van der Waals surface area contributed by atoms with Gasteiger partial charge in [0.05, 0.1) is 0 Å². The van der Waals surface area contributed by atoms with Crippen molar-refractivity contribution < 1.29 is 9.53 Å². The number of carbonyl (C=O) groups excluding carboxylic acids is 1. The van der Waals surface area contributed by atoms with Crippen molar-refractivity contribution in [3.05, 3.63) is 23.3 Å². The highest BCUT2D eigenvalue weighted by Crippen LogP contribution is 2.24. The molecular weight excluding hydrogens is 204 g/mol. The zero-order chi connectivity index (χ0) is 12.1. The minimum absolute atomic E-state index is 0.0250. The molecule has 0 saturated carbocycles. The second-order valence-corrected chi connectivity index (χ2v) is 3.72. The SMILES string of the molecule is CCNC(=O)COc1cc(N)c(C)cc1C. The van der Waals surface area contributed by atoms with Gasteiger partial charge in [-0.2, -0.15) is 0 Å². The summed E-state index contributed by atoms with van der Waals surface area (Å²) in [7, 11) is 0. The lowest BCUT2D eigenvalue weighted by Crippen LogP contribution is -2.28. The van der Waals surface area contributed by atoms with Crippen LogP contribution in [-0.4, -0.2) is 19.1 Å². The second-order valence-electron chi connectivity index (χ2n) is 3.72. The van der Waals surface area contributed by atoms with Crippen molar-refractivity contribution in [2.24, 2.45) is 0 Å². The molecule has 0 spiro atoms. The summed E-state index contributed by atoms with van der Waals surface area (Å²) >= 11 is 0. The third kappa shape index (κ3) is 3.15. The Kier molecular flexibility index (Phi) is 4.17. The van der Waals surface area contributed by atoms with Gasteiger partial charge in [-0.1, -0.05) is 6.07 Å². The molecule has 1 amide bonds. The van der Waals surface area contributed by atoms with Crippen molar-refractivity contribution in [1.82, 2.24) is 5.32 Å². The lowest BCUT2D eigenvalue weighted by atomic mass is 10.1. The lowest BCUT2D eigenvalue weighted by Gasteiger charge is -2.11. The number of benzene rings is 1. The number of nitrogens with one attached hydrogen (secondary N) is 1. The molecule has 0 aliphatic rings. The molecule has 0 fully saturated rings. The van der Waals surface area contributed by atoms with Gasteiger partial charge in [0.15, 0.2) is 6.61 Å². The van der Waals surface area contributed by atoms with Gasteiger partial charge in [0.25, 0.3) is 5.91 Å². The van der Waals surface area contributed by atoms with Crippen molar-refractivity contribution in [2.45, 2.75) is 20.8 Å². The van der Waals surface area contributed by atoms with Crippen LogP contribution < -0.4 is 15.8 Å². The Hall–Kier alpha value is -1.71. The van der Waals surface area contributed by atoms with E-state index in [1.807, 2.05) is 26.8 Å². The van der Waals surface area contributed by atoms with E-state index in [0.717, 1.165) is 11.1 Å². The number of hydrogen-bond donors (Lipinski definition) is 2. The molecule has 0 aliphatic heterocycles. The van der Waals surface area contributed by atoms with Crippen LogP contribution in [0.2, 0.25) is 0 Å². The van der Waals surface area contributed by atoms with Crippen molar-refractivity contribution in [3.63, 3.8) is 0 Å². The van der Waals surface area contributed by atoms with Gasteiger partial charge < -0.3 is 15.8 Å². The molecule has 88 valence electrons. The fourth-order valence-corrected chi connectivity index (χ4v) is 1.40. The molecule has 16 heavy (non-hydrogen) atoms. The van der Waals surface area contributed by atoms with Crippen LogP contribution in [0.4, 0.5) is 5.69 Å². The van der Waals surface area contributed by atoms with E-state index in [0.29, 0.717) is 18.0 Å². The molecule has 1 aromatic rings. The maximum absolute atomic E-state index is 11.2. The van der Waals surface area contributed by atoms with Crippen molar-refractivity contribution >= 4 is 11.6 Å². The zero-order valence-electron chi connectivity index (χ0n) is 9.96. The topological polar surface area (TPSA) is 64.3 Å². The van der Waals surface area contributed by atoms with E-state index in [1.54, 1.807) is 6.07 Å². The van der Waals surface area contributed by atoms with Gasteiger partial charge in [-0.25, -0.2) is 0 Å². The highest BCUT2D eigenvalue weighted by Gasteiger charge is 2.05. The van der Waals surface area contributed by atoms with Gasteiger partial charge in [0.2, 0.25) is 0 Å². The summed E-state index contributed by atoms with van der Waals surface area (Å²) in [5, 5.41) is 2.67. The lowest BCUT2D eigenvalue weighted by molar-refractivity contribution is -0.122. The molecule has 1 aromatic carbocycles. The summed E-state index contributed by atoms with van der Waals surface area (Å²) in [6, 6.07) is 3.70. The Labute approximate surface area is 95.8 Å². The van der Waals surface area contributed by atoms with E-state index in [1.165, 1.54) is 0 Å². The van der Waals surface area contributed by atoms with Crippen LogP contribution in [0.1, 0.15) is 18.1 Å². The van der Waals surface area contributed by atoms with Crippen molar-refractivity contribution in [3.8, 4) is 5.75 Å². The molecular formula is C12H18N2O2. The summed E-state index contributed by atoms with van der Waals surface area (Å²) in [6.45, 7) is 6.37. The number of anilines is 1. The fourth-order valence-electron chi connectivity index (χ4n) is 1.40. The standard InChI is InChI=1S/C12H18N2O2/c1-4-14-12(15)7-16-11-6-10(13)8(2)5-9(11)3/h5-6H,4,7,13H2,1-3H3,(H,14,15). The maximum atomic E-state index is 11.2. The number of carbonyl (C=O) groups is 1. The van der Waals surface area contributed by atoms with Gasteiger partial charge >= 0.3 is 0 Å². The molecule has 4 nitrogen and oxygen atoms in total. The summed E-state index contributed by atoms with van der Waals surface area (Å²) in [4.78, 5) is 11.2. The summed E-state index contributed by atoms with van der Waals surface area (Å²) < 4.78 is 5.39. The van der Waals surface area contributed by atoms with E-state index in [2.05, 4.69) is 5.32 Å². The quantitative estimate of drug-likeness (QED) is 0.757. The number of aryl methyl sites for hydroxylation is 2. The predicted octanol–water partition coefficient (Wildman–Crippen LogP) is 1.40. The molecule has 0 unspecified atom stereocenters. The molecule has 0 heterocycles. The first kappa shape index (κ1) is 12.4. The normalized spacial score (nSPS) is 9.94. The van der Waals surface area contributed by atoms with Gasteiger partial charge in [-0.15, -0.1) is 0 Å². The molecule has 0 radical (unpaired) electrons. The number of likely N-dealkylation sites (N-methyl/N-ethyl adjacent to an activating group) is 1. The number of nitrogen functional groups attached to an aromatic ring is 1. The molecule has 0 bridgehead atoms. The monoisotopic (exact) mass is 222 g/mol. The van der Waals surface area contributed by atoms with E-state index < -0.39 is 0 Å². The fraction of sp³-hybridized carbons (Fsp3) is 0.417. The molecule has 1 rings (SSSR count). The minimum atomic E-state index is -0.124. The number of amides is 1. The highest BCUT2D eigenvalue weighted by molar-refractivity contribution is 5.77. The van der Waals surface area contributed by atoms with E-state index in [-0.39, 0.29) is 12.5 Å². The Morgan fingerprint density at radius 3 is 2.69 bits per heavy atom. The Bertz CT molecular complexity index is 389. The second kappa shape index (κ2) is 5.39. The number of rotatable bonds is 4. The average molecular weight is 222 g/mol. The first-order valence-corrected chi connectivity index (χ1v) is 5.30. The number of hydrogen-bond acceptors (Lipinski definition) is 3. The number of nitrogens with two attached hydrogens (primary N) is 1. The molecule has 0 aromatic heterocycles. The van der Waals surface area contributed by atoms with Crippen LogP contribution in [0.15, 0.2) is 12.1 Å². The summed E-state index contributed by atoms with van der Waals surface area (Å²) in [5.41, 5.74) is 8.45. The molecule has 0 atom stereocenters. The third-order valence-electron chi connectivity index (χ3n) is 2.30. The molecule has 4 heteroatoms. The predicted molar refractivity (Wildman–Crippen MR) is 64.5 cm³/mol.